The minimum absolute atomic E-state index is 0.0377. The summed E-state index contributed by atoms with van der Waals surface area (Å²) in [6, 6.07) is 5.78. The summed E-state index contributed by atoms with van der Waals surface area (Å²) in [6.45, 7) is 0.701. The van der Waals surface area contributed by atoms with E-state index in [1.807, 2.05) is 12.1 Å². The molecular formula is C24H30Cl2N4OS. The lowest BCUT2D eigenvalue weighted by Crippen LogP contribution is -2.26. The number of halogens is 2. The quantitative estimate of drug-likeness (QED) is 0.323. The lowest BCUT2D eigenvalue weighted by Gasteiger charge is -2.25. The zero-order valence-corrected chi connectivity index (χ0v) is 20.6. The molecule has 0 saturated heterocycles. The number of thioether (sulfide) groups is 1. The first kappa shape index (κ1) is 23.7. The predicted octanol–water partition coefficient (Wildman–Crippen LogP) is 6.86. The summed E-state index contributed by atoms with van der Waals surface area (Å²) in [5, 5.41) is 13.9. The zero-order valence-electron chi connectivity index (χ0n) is 18.3. The Morgan fingerprint density at radius 2 is 1.97 bits per heavy atom. The van der Waals surface area contributed by atoms with E-state index in [0.717, 1.165) is 35.8 Å². The van der Waals surface area contributed by atoms with Crippen molar-refractivity contribution in [2.45, 2.75) is 75.4 Å². The molecule has 1 fully saturated rings. The van der Waals surface area contributed by atoms with Gasteiger partial charge >= 0.3 is 0 Å². The van der Waals surface area contributed by atoms with Gasteiger partial charge in [-0.2, -0.15) is 0 Å². The maximum atomic E-state index is 12.5. The highest BCUT2D eigenvalue weighted by atomic mass is 35.5. The van der Waals surface area contributed by atoms with Gasteiger partial charge in [-0.15, -0.1) is 10.2 Å². The third-order valence-corrected chi connectivity index (χ3v) is 7.75. The monoisotopic (exact) mass is 492 g/mol. The Hall–Kier alpha value is -1.50. The van der Waals surface area contributed by atoms with Crippen molar-refractivity contribution in [1.29, 1.82) is 0 Å². The number of rotatable bonds is 8. The zero-order chi connectivity index (χ0) is 22.3. The molecule has 0 atom stereocenters. The summed E-state index contributed by atoms with van der Waals surface area (Å²) in [7, 11) is 0. The summed E-state index contributed by atoms with van der Waals surface area (Å²) in [5.41, 5.74) is 2.30. The highest BCUT2D eigenvalue weighted by molar-refractivity contribution is 7.99. The molecule has 0 radical (unpaired) electrons. The minimum atomic E-state index is 0.0377. The van der Waals surface area contributed by atoms with Gasteiger partial charge in [0.05, 0.1) is 10.8 Å². The molecule has 1 aromatic heterocycles. The van der Waals surface area contributed by atoms with Crippen molar-refractivity contribution >= 4 is 40.9 Å². The van der Waals surface area contributed by atoms with E-state index in [1.165, 1.54) is 62.3 Å². The molecule has 1 aromatic carbocycles. The van der Waals surface area contributed by atoms with Gasteiger partial charge in [0.25, 0.3) is 0 Å². The van der Waals surface area contributed by atoms with E-state index in [4.69, 9.17) is 23.2 Å². The van der Waals surface area contributed by atoms with Gasteiger partial charge in [-0.05, 0) is 63.1 Å². The number of carbonyl (C=O) groups excluding carboxylic acids is 1. The van der Waals surface area contributed by atoms with Crippen LogP contribution in [0.1, 0.15) is 70.3 Å². The first-order valence-corrected chi connectivity index (χ1v) is 13.3. The first-order valence-electron chi connectivity index (χ1n) is 11.6. The number of aromatic nitrogens is 3. The SMILES string of the molecule is O=C(CSc1nnc(-c2ccc(Cl)cc2Cl)n1C1CCCCC1)NCCC1=CCCCC1. The second-order valence-corrected chi connectivity index (χ2v) is 10.4. The van der Waals surface area contributed by atoms with Crippen molar-refractivity contribution < 1.29 is 4.79 Å². The molecule has 172 valence electrons. The van der Waals surface area contributed by atoms with Crippen molar-refractivity contribution in [2.24, 2.45) is 0 Å². The molecule has 32 heavy (non-hydrogen) atoms. The fourth-order valence-electron chi connectivity index (χ4n) is 4.57. The summed E-state index contributed by atoms with van der Waals surface area (Å²) in [6.07, 6.45) is 14.0. The molecule has 1 N–H and O–H groups in total. The highest BCUT2D eigenvalue weighted by Gasteiger charge is 2.25. The fraction of sp³-hybridized carbons (Fsp3) is 0.542. The van der Waals surface area contributed by atoms with E-state index in [2.05, 4.69) is 26.2 Å². The molecule has 5 nitrogen and oxygen atoms in total. The summed E-state index contributed by atoms with van der Waals surface area (Å²) in [5.74, 6) is 1.12. The molecule has 0 bridgehead atoms. The van der Waals surface area contributed by atoms with Gasteiger partial charge in [-0.25, -0.2) is 0 Å². The number of benzene rings is 1. The lowest BCUT2D eigenvalue weighted by atomic mass is 9.95. The van der Waals surface area contributed by atoms with Crippen LogP contribution in [-0.2, 0) is 4.79 Å². The van der Waals surface area contributed by atoms with Gasteiger partial charge in [0.2, 0.25) is 5.91 Å². The smallest absolute Gasteiger partial charge is 0.230 e. The summed E-state index contributed by atoms with van der Waals surface area (Å²) >= 11 is 14.0. The van der Waals surface area contributed by atoms with Gasteiger partial charge in [0, 0.05) is 23.2 Å². The number of allylic oxidation sites excluding steroid dienone is 1. The number of hydrogen-bond acceptors (Lipinski definition) is 4. The standard InChI is InChI=1S/C24H30Cl2N4OS/c25-18-11-12-20(21(26)15-18)23-28-29-24(30(23)19-9-5-2-6-10-19)32-16-22(31)27-14-13-17-7-3-1-4-8-17/h7,11-12,15,19H,1-6,8-10,13-14,16H2,(H,27,31). The van der Waals surface area contributed by atoms with Crippen LogP contribution < -0.4 is 5.32 Å². The van der Waals surface area contributed by atoms with E-state index in [-0.39, 0.29) is 5.91 Å². The highest BCUT2D eigenvalue weighted by Crippen LogP contribution is 2.38. The molecule has 1 heterocycles. The van der Waals surface area contributed by atoms with E-state index < -0.39 is 0 Å². The molecule has 2 aliphatic rings. The second-order valence-electron chi connectivity index (χ2n) is 8.59. The maximum Gasteiger partial charge on any atom is 0.230 e. The summed E-state index contributed by atoms with van der Waals surface area (Å²) in [4.78, 5) is 12.5. The van der Waals surface area contributed by atoms with Gasteiger partial charge in [-0.1, -0.05) is 65.9 Å². The first-order chi connectivity index (χ1) is 15.6. The van der Waals surface area contributed by atoms with Crippen molar-refractivity contribution in [1.82, 2.24) is 20.1 Å². The van der Waals surface area contributed by atoms with Crippen LogP contribution in [0.2, 0.25) is 10.0 Å². The molecule has 1 saturated carbocycles. The number of amides is 1. The van der Waals surface area contributed by atoms with Crippen molar-refractivity contribution in [2.75, 3.05) is 12.3 Å². The van der Waals surface area contributed by atoms with E-state index >= 15 is 0 Å². The number of hydrogen-bond donors (Lipinski definition) is 1. The van der Waals surface area contributed by atoms with Crippen molar-refractivity contribution in [3.63, 3.8) is 0 Å². The molecular weight excluding hydrogens is 463 g/mol. The van der Waals surface area contributed by atoms with Gasteiger partial charge < -0.3 is 5.32 Å². The van der Waals surface area contributed by atoms with Crippen LogP contribution in [0.3, 0.4) is 0 Å². The van der Waals surface area contributed by atoms with E-state index in [0.29, 0.717) is 28.4 Å². The molecule has 0 unspecified atom stereocenters. The predicted molar refractivity (Wildman–Crippen MR) is 133 cm³/mol. The van der Waals surface area contributed by atoms with Crippen LogP contribution in [0.5, 0.6) is 0 Å². The molecule has 0 spiro atoms. The molecule has 8 heteroatoms. The van der Waals surface area contributed by atoms with Crippen LogP contribution in [0.4, 0.5) is 0 Å². The van der Waals surface area contributed by atoms with Gasteiger partial charge in [-0.3, -0.25) is 9.36 Å². The normalized spacial score (nSPS) is 17.2. The summed E-state index contributed by atoms with van der Waals surface area (Å²) < 4.78 is 2.19. The molecule has 0 aliphatic heterocycles. The Morgan fingerprint density at radius 1 is 1.12 bits per heavy atom. The molecule has 1 amide bonds. The minimum Gasteiger partial charge on any atom is -0.355 e. The number of nitrogens with one attached hydrogen (secondary N) is 1. The van der Waals surface area contributed by atoms with Gasteiger partial charge in [0.15, 0.2) is 11.0 Å². The average Bonchev–Trinajstić information content (AvgIpc) is 3.22. The Balaban J connectivity index is 1.44. The topological polar surface area (TPSA) is 59.8 Å². The molecule has 2 aromatic rings. The van der Waals surface area contributed by atoms with Gasteiger partial charge in [0.1, 0.15) is 0 Å². The largest absolute Gasteiger partial charge is 0.355 e. The Morgan fingerprint density at radius 3 is 2.72 bits per heavy atom. The molecule has 4 rings (SSSR count). The van der Waals surface area contributed by atoms with Crippen LogP contribution >= 0.6 is 35.0 Å². The van der Waals surface area contributed by atoms with Crippen LogP contribution in [0.25, 0.3) is 11.4 Å². The van der Waals surface area contributed by atoms with E-state index in [1.54, 1.807) is 6.07 Å². The van der Waals surface area contributed by atoms with Crippen LogP contribution in [0.15, 0.2) is 35.0 Å². The lowest BCUT2D eigenvalue weighted by molar-refractivity contribution is -0.118. The van der Waals surface area contributed by atoms with E-state index in [9.17, 15) is 4.79 Å². The fourth-order valence-corrected chi connectivity index (χ4v) is 5.90. The maximum absolute atomic E-state index is 12.5. The number of carbonyl (C=O) groups is 1. The Labute approximate surface area is 204 Å². The van der Waals surface area contributed by atoms with Crippen molar-refractivity contribution in [3.8, 4) is 11.4 Å². The third-order valence-electron chi connectivity index (χ3n) is 6.26. The Kier molecular flexibility index (Phi) is 8.55. The van der Waals surface area contributed by atoms with Crippen LogP contribution in [-0.4, -0.2) is 33.0 Å². The van der Waals surface area contributed by atoms with Crippen molar-refractivity contribution in [3.05, 3.63) is 39.9 Å². The number of nitrogens with zero attached hydrogens (tertiary/aromatic N) is 3. The second kappa shape index (κ2) is 11.6. The average molecular weight is 494 g/mol. The Bertz CT molecular complexity index is 969. The third kappa shape index (κ3) is 6.09. The van der Waals surface area contributed by atoms with Crippen LogP contribution in [0, 0.1) is 0 Å². The molecule has 2 aliphatic carbocycles.